The van der Waals surface area contributed by atoms with Crippen LogP contribution in [0.15, 0.2) is 73.3 Å². The predicted octanol–water partition coefficient (Wildman–Crippen LogP) is 7.41. The van der Waals surface area contributed by atoms with E-state index in [1.807, 2.05) is 13.0 Å². The van der Waals surface area contributed by atoms with E-state index in [4.69, 9.17) is 8.85 Å². The molecular weight excluding hydrogens is 501 g/mol. The lowest BCUT2D eigenvalue weighted by molar-refractivity contribution is -0.0228. The van der Waals surface area contributed by atoms with Gasteiger partial charge in [-0.05, 0) is 33.5 Å². The van der Waals surface area contributed by atoms with Gasteiger partial charge in [0.1, 0.15) is 0 Å². The first-order valence-electron chi connectivity index (χ1n) is 14.2. The quantitative estimate of drug-likeness (QED) is 0.219. The van der Waals surface area contributed by atoms with Gasteiger partial charge in [0.05, 0.1) is 12.2 Å². The molecule has 1 N–H and O–H groups in total. The van der Waals surface area contributed by atoms with Crippen LogP contribution in [-0.4, -0.2) is 40.6 Å². The summed E-state index contributed by atoms with van der Waals surface area (Å²) in [6.07, 6.45) is 1.18. The molecular formula is C33H54O3Si2. The van der Waals surface area contributed by atoms with Crippen LogP contribution in [0.25, 0.3) is 0 Å². The van der Waals surface area contributed by atoms with E-state index in [0.717, 1.165) is 0 Å². The maximum absolute atomic E-state index is 11.3. The van der Waals surface area contributed by atoms with E-state index in [0.29, 0.717) is 6.61 Å². The molecule has 2 aromatic rings. The summed E-state index contributed by atoms with van der Waals surface area (Å²) >= 11 is 0. The lowest BCUT2D eigenvalue weighted by atomic mass is 9.84. The minimum Gasteiger partial charge on any atom is -0.413 e. The Morgan fingerprint density at radius 2 is 1.26 bits per heavy atom. The summed E-state index contributed by atoms with van der Waals surface area (Å²) < 4.78 is 14.4. The highest BCUT2D eigenvalue weighted by Crippen LogP contribution is 2.41. The van der Waals surface area contributed by atoms with Gasteiger partial charge in [0.25, 0.3) is 8.32 Å². The van der Waals surface area contributed by atoms with Gasteiger partial charge in [-0.15, -0.1) is 6.58 Å². The molecule has 2 aromatic carbocycles. The lowest BCUT2D eigenvalue weighted by Gasteiger charge is -2.46. The van der Waals surface area contributed by atoms with Crippen molar-refractivity contribution in [1.29, 1.82) is 0 Å². The molecule has 0 heterocycles. The number of rotatable bonds is 12. The van der Waals surface area contributed by atoms with E-state index in [1.165, 1.54) is 10.4 Å². The Hall–Kier alpha value is -1.51. The van der Waals surface area contributed by atoms with E-state index in [2.05, 4.69) is 136 Å². The lowest BCUT2D eigenvalue weighted by Crippen LogP contribution is -2.67. The number of hydrogen-bond acceptors (Lipinski definition) is 3. The predicted molar refractivity (Wildman–Crippen MR) is 169 cm³/mol. The van der Waals surface area contributed by atoms with Crippen LogP contribution in [-0.2, 0) is 8.85 Å². The first-order chi connectivity index (χ1) is 17.5. The Morgan fingerprint density at radius 1 is 0.816 bits per heavy atom. The average molecular weight is 555 g/mol. The second-order valence-electron chi connectivity index (χ2n) is 13.7. The van der Waals surface area contributed by atoms with Gasteiger partial charge in [-0.2, -0.15) is 0 Å². The van der Waals surface area contributed by atoms with Crippen LogP contribution in [0.4, 0.5) is 0 Å². The van der Waals surface area contributed by atoms with Gasteiger partial charge < -0.3 is 14.0 Å². The maximum Gasteiger partial charge on any atom is 0.261 e. The Bertz CT molecular complexity index is 953. The number of benzene rings is 2. The largest absolute Gasteiger partial charge is 0.413 e. The summed E-state index contributed by atoms with van der Waals surface area (Å²) in [7, 11) is -4.77. The Labute approximate surface area is 235 Å². The summed E-state index contributed by atoms with van der Waals surface area (Å²) in [4.78, 5) is 0. The van der Waals surface area contributed by atoms with Crippen molar-refractivity contribution in [3.63, 3.8) is 0 Å². The fourth-order valence-corrected chi connectivity index (χ4v) is 11.3. The molecule has 0 aliphatic rings. The van der Waals surface area contributed by atoms with E-state index in [1.54, 1.807) is 0 Å². The summed E-state index contributed by atoms with van der Waals surface area (Å²) in [5, 5.41) is 13.8. The van der Waals surface area contributed by atoms with Crippen molar-refractivity contribution in [2.75, 3.05) is 6.61 Å². The molecule has 0 saturated carbocycles. The monoisotopic (exact) mass is 554 g/mol. The first-order valence-corrected chi connectivity index (χ1v) is 19.0. The van der Waals surface area contributed by atoms with Crippen molar-refractivity contribution in [3.8, 4) is 0 Å². The zero-order chi connectivity index (χ0) is 28.9. The smallest absolute Gasteiger partial charge is 0.261 e. The highest BCUT2D eigenvalue weighted by Gasteiger charge is 2.51. The van der Waals surface area contributed by atoms with Crippen molar-refractivity contribution in [2.24, 2.45) is 17.8 Å². The minimum absolute atomic E-state index is 0.0136. The third-order valence-electron chi connectivity index (χ3n) is 8.74. The first kappa shape index (κ1) is 32.7. The second kappa shape index (κ2) is 12.8. The SMILES string of the molecule is C=C[C@@H](C)[C@@H](O)[C@H](C)[C@@H](O[Si](C)(C)C(C)(C)C)[C@@H](C)CO[Si](c1ccccc1)(c1ccccc1)C(C)(C)C. The van der Waals surface area contributed by atoms with Crippen molar-refractivity contribution >= 4 is 27.0 Å². The van der Waals surface area contributed by atoms with Gasteiger partial charge in [0.15, 0.2) is 8.32 Å². The van der Waals surface area contributed by atoms with Crippen LogP contribution < -0.4 is 10.4 Å². The summed E-state index contributed by atoms with van der Waals surface area (Å²) in [5.41, 5.74) is 0. The minimum atomic E-state index is -2.67. The van der Waals surface area contributed by atoms with Crippen molar-refractivity contribution in [1.82, 2.24) is 0 Å². The van der Waals surface area contributed by atoms with Gasteiger partial charge in [0, 0.05) is 24.4 Å². The van der Waals surface area contributed by atoms with Crippen LogP contribution >= 0.6 is 0 Å². The van der Waals surface area contributed by atoms with E-state index in [9.17, 15) is 5.11 Å². The highest BCUT2D eigenvalue weighted by atomic mass is 28.4. The molecule has 0 spiro atoms. The zero-order valence-electron chi connectivity index (χ0n) is 25.9. The number of aliphatic hydroxyl groups excluding tert-OH is 1. The number of hydrogen-bond donors (Lipinski definition) is 1. The summed E-state index contributed by atoms with van der Waals surface area (Å²) in [6, 6.07) is 21.6. The van der Waals surface area contributed by atoms with Gasteiger partial charge >= 0.3 is 0 Å². The molecule has 0 aliphatic carbocycles. The molecule has 3 nitrogen and oxygen atoms in total. The second-order valence-corrected chi connectivity index (χ2v) is 22.8. The molecule has 0 saturated heterocycles. The third kappa shape index (κ3) is 7.16. The molecule has 0 aliphatic heterocycles. The Balaban J connectivity index is 2.54. The van der Waals surface area contributed by atoms with E-state index in [-0.39, 0.29) is 33.9 Å². The molecule has 5 atom stereocenters. The van der Waals surface area contributed by atoms with Crippen LogP contribution in [0, 0.1) is 17.8 Å². The normalized spacial score (nSPS) is 17.4. The fraction of sp³-hybridized carbons (Fsp3) is 0.576. The van der Waals surface area contributed by atoms with Crippen LogP contribution in [0.5, 0.6) is 0 Å². The average Bonchev–Trinajstić information content (AvgIpc) is 2.86. The number of aliphatic hydroxyl groups is 1. The third-order valence-corrected chi connectivity index (χ3v) is 18.2. The summed E-state index contributed by atoms with van der Waals surface area (Å²) in [6.45, 7) is 29.2. The van der Waals surface area contributed by atoms with E-state index < -0.39 is 22.7 Å². The molecule has 0 amide bonds. The molecule has 0 bridgehead atoms. The maximum atomic E-state index is 11.3. The van der Waals surface area contributed by atoms with Crippen molar-refractivity contribution in [2.45, 2.75) is 97.7 Å². The van der Waals surface area contributed by atoms with Gasteiger partial charge in [0.2, 0.25) is 0 Å². The van der Waals surface area contributed by atoms with Crippen LogP contribution in [0.2, 0.25) is 23.2 Å². The molecule has 0 radical (unpaired) electrons. The molecule has 0 unspecified atom stereocenters. The zero-order valence-corrected chi connectivity index (χ0v) is 27.9. The molecule has 212 valence electrons. The molecule has 5 heteroatoms. The molecule has 38 heavy (non-hydrogen) atoms. The van der Waals surface area contributed by atoms with Gasteiger partial charge in [-0.3, -0.25) is 0 Å². The highest BCUT2D eigenvalue weighted by molar-refractivity contribution is 6.99. The van der Waals surface area contributed by atoms with Gasteiger partial charge in [-0.1, -0.05) is 129 Å². The molecule has 2 rings (SSSR count). The Kier molecular flexibility index (Phi) is 11.0. The van der Waals surface area contributed by atoms with Crippen molar-refractivity contribution in [3.05, 3.63) is 73.3 Å². The molecule has 0 fully saturated rings. The fourth-order valence-electron chi connectivity index (χ4n) is 5.18. The summed E-state index contributed by atoms with van der Waals surface area (Å²) in [5.74, 6) is 0.0163. The van der Waals surface area contributed by atoms with Crippen LogP contribution in [0.3, 0.4) is 0 Å². The Morgan fingerprint density at radius 3 is 1.63 bits per heavy atom. The standard InChI is InChI=1S/C33H54O3Si2/c1-13-25(2)30(34)27(4)31(36-37(11,12)32(5,6)7)26(3)24-35-38(33(8,9)10,28-20-16-14-17-21-28)29-22-18-15-19-23-29/h13-23,25-27,30-31,34H,1,24H2,2-12H3/t25-,26+,27+,30-,31+/m1/s1. The van der Waals surface area contributed by atoms with Gasteiger partial charge in [-0.25, -0.2) is 0 Å². The van der Waals surface area contributed by atoms with Crippen molar-refractivity contribution < 1.29 is 14.0 Å². The topological polar surface area (TPSA) is 38.7 Å². The van der Waals surface area contributed by atoms with Crippen LogP contribution in [0.1, 0.15) is 62.3 Å². The van der Waals surface area contributed by atoms with E-state index >= 15 is 0 Å². The molecule has 0 aromatic heterocycles.